The molecule has 0 aliphatic rings. The normalized spacial score (nSPS) is 10.1. The number of aryl methyl sites for hydroxylation is 1. The van der Waals surface area contributed by atoms with Crippen molar-refractivity contribution < 1.29 is 18.7 Å². The number of esters is 1. The number of halogens is 1. The highest BCUT2D eigenvalue weighted by atomic mass is 19.1. The van der Waals surface area contributed by atoms with Gasteiger partial charge in [0.15, 0.2) is 0 Å². The molecule has 5 heteroatoms. The maximum atomic E-state index is 13.4. The molecule has 0 spiro atoms. The lowest BCUT2D eigenvalue weighted by molar-refractivity contribution is -0.143. The number of ether oxygens (including phenoxy) is 1. The number of hydrogen-bond donors (Lipinski definition) is 1. The monoisotopic (exact) mass is 267 g/mol. The summed E-state index contributed by atoms with van der Waals surface area (Å²) in [5, 5.41) is 2.58. The summed E-state index contributed by atoms with van der Waals surface area (Å²) in [5.74, 6) is -1.31. The quantitative estimate of drug-likeness (QED) is 0.635. The molecule has 0 saturated heterocycles. The topological polar surface area (TPSA) is 55.4 Å². The maximum absolute atomic E-state index is 13.4. The van der Waals surface area contributed by atoms with Crippen LogP contribution in [0.5, 0.6) is 0 Å². The van der Waals surface area contributed by atoms with Crippen LogP contribution in [0.25, 0.3) is 0 Å². The SMILES string of the molecule is CCOC(=O)CCCNC(=O)c1cc(C)ccc1F. The van der Waals surface area contributed by atoms with E-state index in [2.05, 4.69) is 5.32 Å². The first kappa shape index (κ1) is 15.1. The predicted molar refractivity (Wildman–Crippen MR) is 69.3 cm³/mol. The van der Waals surface area contributed by atoms with E-state index in [0.29, 0.717) is 19.6 Å². The Morgan fingerprint density at radius 1 is 1.37 bits per heavy atom. The fourth-order valence-corrected chi connectivity index (χ4v) is 1.58. The van der Waals surface area contributed by atoms with Crippen LogP contribution in [-0.4, -0.2) is 25.0 Å². The zero-order chi connectivity index (χ0) is 14.3. The third-order valence-corrected chi connectivity index (χ3v) is 2.52. The summed E-state index contributed by atoms with van der Waals surface area (Å²) in [6, 6.07) is 4.37. The number of carbonyl (C=O) groups excluding carboxylic acids is 2. The van der Waals surface area contributed by atoms with Crippen LogP contribution in [0.2, 0.25) is 0 Å². The fourth-order valence-electron chi connectivity index (χ4n) is 1.58. The first-order valence-corrected chi connectivity index (χ1v) is 6.24. The number of benzene rings is 1. The van der Waals surface area contributed by atoms with Crippen LogP contribution >= 0.6 is 0 Å². The summed E-state index contributed by atoms with van der Waals surface area (Å²) < 4.78 is 18.2. The van der Waals surface area contributed by atoms with E-state index in [0.717, 1.165) is 5.56 Å². The van der Waals surface area contributed by atoms with Gasteiger partial charge in [-0.3, -0.25) is 9.59 Å². The van der Waals surface area contributed by atoms with Crippen LogP contribution in [0, 0.1) is 12.7 Å². The van der Waals surface area contributed by atoms with E-state index < -0.39 is 11.7 Å². The molecule has 0 aliphatic heterocycles. The van der Waals surface area contributed by atoms with Crippen LogP contribution in [-0.2, 0) is 9.53 Å². The predicted octanol–water partition coefficient (Wildman–Crippen LogP) is 2.21. The number of nitrogens with one attached hydrogen (secondary N) is 1. The van der Waals surface area contributed by atoms with Crippen molar-refractivity contribution in [2.75, 3.05) is 13.2 Å². The maximum Gasteiger partial charge on any atom is 0.305 e. The van der Waals surface area contributed by atoms with Gasteiger partial charge in [-0.25, -0.2) is 4.39 Å². The van der Waals surface area contributed by atoms with Crippen LogP contribution in [0.15, 0.2) is 18.2 Å². The van der Waals surface area contributed by atoms with E-state index in [4.69, 9.17) is 4.74 Å². The average Bonchev–Trinajstić information content (AvgIpc) is 2.37. The summed E-state index contributed by atoms with van der Waals surface area (Å²) >= 11 is 0. The van der Waals surface area contributed by atoms with Gasteiger partial charge in [0.25, 0.3) is 5.91 Å². The molecule has 0 fully saturated rings. The minimum Gasteiger partial charge on any atom is -0.466 e. The molecule has 4 nitrogen and oxygen atoms in total. The Morgan fingerprint density at radius 3 is 2.79 bits per heavy atom. The molecule has 1 aromatic carbocycles. The molecule has 104 valence electrons. The van der Waals surface area contributed by atoms with Gasteiger partial charge in [0.1, 0.15) is 5.82 Å². The van der Waals surface area contributed by atoms with Crippen molar-refractivity contribution in [2.24, 2.45) is 0 Å². The van der Waals surface area contributed by atoms with E-state index in [9.17, 15) is 14.0 Å². The lowest BCUT2D eigenvalue weighted by Gasteiger charge is -2.07. The molecule has 19 heavy (non-hydrogen) atoms. The molecule has 0 heterocycles. The van der Waals surface area contributed by atoms with Crippen molar-refractivity contribution in [2.45, 2.75) is 26.7 Å². The number of carbonyl (C=O) groups is 2. The van der Waals surface area contributed by atoms with Gasteiger partial charge in [0.2, 0.25) is 0 Å². The molecule has 0 aromatic heterocycles. The van der Waals surface area contributed by atoms with Crippen LogP contribution in [0.1, 0.15) is 35.7 Å². The van der Waals surface area contributed by atoms with Gasteiger partial charge in [-0.15, -0.1) is 0 Å². The second-order valence-corrected chi connectivity index (χ2v) is 4.15. The molecule has 0 unspecified atom stereocenters. The smallest absolute Gasteiger partial charge is 0.305 e. The molecule has 1 rings (SSSR count). The average molecular weight is 267 g/mol. The highest BCUT2D eigenvalue weighted by Gasteiger charge is 2.11. The minimum absolute atomic E-state index is 0.0242. The Morgan fingerprint density at radius 2 is 2.11 bits per heavy atom. The number of amides is 1. The second kappa shape index (κ2) is 7.51. The first-order chi connectivity index (χ1) is 9.04. The molecule has 0 saturated carbocycles. The summed E-state index contributed by atoms with van der Waals surface area (Å²) in [6.45, 7) is 4.18. The first-order valence-electron chi connectivity index (χ1n) is 6.24. The summed E-state index contributed by atoms with van der Waals surface area (Å²) in [5.41, 5.74) is 0.842. The number of hydrogen-bond acceptors (Lipinski definition) is 3. The van der Waals surface area contributed by atoms with Gasteiger partial charge >= 0.3 is 5.97 Å². The zero-order valence-electron chi connectivity index (χ0n) is 11.2. The molecule has 0 atom stereocenters. The lowest BCUT2D eigenvalue weighted by atomic mass is 10.1. The minimum atomic E-state index is -0.548. The standard InChI is InChI=1S/C14H18FNO3/c1-3-19-13(17)5-4-8-16-14(18)11-9-10(2)6-7-12(11)15/h6-7,9H,3-5,8H2,1-2H3,(H,16,18). The zero-order valence-corrected chi connectivity index (χ0v) is 11.2. The summed E-state index contributed by atoms with van der Waals surface area (Å²) in [4.78, 5) is 22.8. The second-order valence-electron chi connectivity index (χ2n) is 4.15. The largest absolute Gasteiger partial charge is 0.466 e. The van der Waals surface area contributed by atoms with Gasteiger partial charge in [0.05, 0.1) is 12.2 Å². The highest BCUT2D eigenvalue weighted by Crippen LogP contribution is 2.09. The van der Waals surface area contributed by atoms with E-state index >= 15 is 0 Å². The summed E-state index contributed by atoms with van der Waals surface area (Å²) in [6.07, 6.45) is 0.711. The lowest BCUT2D eigenvalue weighted by Crippen LogP contribution is -2.26. The van der Waals surface area contributed by atoms with Crippen molar-refractivity contribution in [3.8, 4) is 0 Å². The molecule has 0 radical (unpaired) electrons. The number of rotatable bonds is 6. The Bertz CT molecular complexity index is 460. The molecule has 0 aliphatic carbocycles. The van der Waals surface area contributed by atoms with Crippen LogP contribution in [0.4, 0.5) is 4.39 Å². The van der Waals surface area contributed by atoms with E-state index in [-0.39, 0.29) is 18.0 Å². The van der Waals surface area contributed by atoms with Gasteiger partial charge in [0, 0.05) is 13.0 Å². The van der Waals surface area contributed by atoms with Crippen LogP contribution in [0.3, 0.4) is 0 Å². The van der Waals surface area contributed by atoms with Gasteiger partial charge < -0.3 is 10.1 Å². The van der Waals surface area contributed by atoms with Crippen molar-refractivity contribution in [3.05, 3.63) is 35.1 Å². The third kappa shape index (κ3) is 5.07. The Balaban J connectivity index is 2.39. The van der Waals surface area contributed by atoms with Gasteiger partial charge in [-0.05, 0) is 32.4 Å². The van der Waals surface area contributed by atoms with Crippen molar-refractivity contribution in [3.63, 3.8) is 0 Å². The van der Waals surface area contributed by atoms with E-state index in [1.165, 1.54) is 12.1 Å². The van der Waals surface area contributed by atoms with Crippen molar-refractivity contribution >= 4 is 11.9 Å². The van der Waals surface area contributed by atoms with E-state index in [1.54, 1.807) is 19.9 Å². The molecule has 1 aromatic rings. The van der Waals surface area contributed by atoms with Gasteiger partial charge in [-0.1, -0.05) is 11.6 Å². The van der Waals surface area contributed by atoms with E-state index in [1.807, 2.05) is 0 Å². The fraction of sp³-hybridized carbons (Fsp3) is 0.429. The van der Waals surface area contributed by atoms with Crippen LogP contribution < -0.4 is 5.32 Å². The van der Waals surface area contributed by atoms with Gasteiger partial charge in [-0.2, -0.15) is 0 Å². The van der Waals surface area contributed by atoms with Crippen molar-refractivity contribution in [1.82, 2.24) is 5.32 Å². The molecule has 0 bridgehead atoms. The molecule has 1 amide bonds. The Hall–Kier alpha value is -1.91. The third-order valence-electron chi connectivity index (χ3n) is 2.52. The van der Waals surface area contributed by atoms with Crippen molar-refractivity contribution in [1.29, 1.82) is 0 Å². The summed E-state index contributed by atoms with van der Waals surface area (Å²) in [7, 11) is 0. The Kier molecular flexibility index (Phi) is 5.99. The highest BCUT2D eigenvalue weighted by molar-refractivity contribution is 5.94. The Labute approximate surface area is 112 Å². The molecular formula is C14H18FNO3. The molecule has 1 N–H and O–H groups in total. The molecular weight excluding hydrogens is 249 g/mol.